The summed E-state index contributed by atoms with van der Waals surface area (Å²) in [6.07, 6.45) is 15.1. The van der Waals surface area contributed by atoms with E-state index in [2.05, 4.69) is 35.1 Å². The summed E-state index contributed by atoms with van der Waals surface area (Å²) in [4.78, 5) is 22.9. The Labute approximate surface area is 182 Å². The summed E-state index contributed by atoms with van der Waals surface area (Å²) in [5, 5.41) is 12.1. The summed E-state index contributed by atoms with van der Waals surface area (Å²) in [6, 6.07) is 0. The molecule has 0 aliphatic heterocycles. The Kier molecular flexibility index (Phi) is 9.67. The first-order valence-corrected chi connectivity index (χ1v) is 11.2. The maximum atomic E-state index is 11.7. The number of carbonyl (C=O) groups excluding carboxylic acids is 2. The standard InChI is InChI=1S/C23H31N3O3S/c1-5-29-23(28)22-26-25-21(30-22)15-16(2)9-6-7-10-19-11-8-12-20(24-18(4)27)14-13-17(19)3/h8,11-14,16,19H,3,5-7,9-10,15H2,1-2,4H3,(H,24,27). The fourth-order valence-electron chi connectivity index (χ4n) is 3.23. The van der Waals surface area contributed by atoms with Gasteiger partial charge in [0.1, 0.15) is 5.01 Å². The molecule has 0 aromatic carbocycles. The number of aromatic nitrogens is 2. The van der Waals surface area contributed by atoms with Crippen LogP contribution in [-0.2, 0) is 16.0 Å². The first-order valence-electron chi connectivity index (χ1n) is 10.4. The predicted molar refractivity (Wildman–Crippen MR) is 120 cm³/mol. The SMILES string of the molecule is C=C1C=CC(NC(C)=O)=CC=CC1CCCCC(C)Cc1nnc(C(=O)OCC)s1. The number of nitrogens with one attached hydrogen (secondary N) is 1. The van der Waals surface area contributed by atoms with Gasteiger partial charge in [0.2, 0.25) is 10.9 Å². The number of unbranched alkanes of at least 4 members (excludes halogenated alkanes) is 1. The molecular formula is C23H31N3O3S. The van der Waals surface area contributed by atoms with E-state index in [1.54, 1.807) is 6.92 Å². The summed E-state index contributed by atoms with van der Waals surface area (Å²) in [5.41, 5.74) is 1.82. The van der Waals surface area contributed by atoms with Gasteiger partial charge in [-0.2, -0.15) is 0 Å². The monoisotopic (exact) mass is 429 g/mol. The molecule has 6 nitrogen and oxygen atoms in total. The zero-order chi connectivity index (χ0) is 21.9. The van der Waals surface area contributed by atoms with Gasteiger partial charge in [-0.05, 0) is 37.0 Å². The molecule has 2 rings (SSSR count). The lowest BCUT2D eigenvalue weighted by atomic mass is 9.90. The fraction of sp³-hybridized carbons (Fsp3) is 0.478. The molecule has 1 aliphatic carbocycles. The minimum atomic E-state index is -0.394. The van der Waals surface area contributed by atoms with E-state index in [-0.39, 0.29) is 5.91 Å². The molecule has 7 heteroatoms. The van der Waals surface area contributed by atoms with Gasteiger partial charge in [0.15, 0.2) is 0 Å². The Morgan fingerprint density at radius 2 is 2.10 bits per heavy atom. The molecular weight excluding hydrogens is 398 g/mol. The zero-order valence-electron chi connectivity index (χ0n) is 18.0. The molecule has 1 N–H and O–H groups in total. The number of ether oxygens (including phenoxy) is 1. The van der Waals surface area contributed by atoms with Crippen LogP contribution in [-0.4, -0.2) is 28.7 Å². The molecule has 1 heterocycles. The van der Waals surface area contributed by atoms with Gasteiger partial charge in [0, 0.05) is 25.0 Å². The number of esters is 1. The van der Waals surface area contributed by atoms with Crippen molar-refractivity contribution in [1.82, 2.24) is 15.5 Å². The molecule has 0 saturated carbocycles. The van der Waals surface area contributed by atoms with Gasteiger partial charge >= 0.3 is 5.97 Å². The van der Waals surface area contributed by atoms with Gasteiger partial charge in [0.05, 0.1) is 6.61 Å². The topological polar surface area (TPSA) is 81.2 Å². The van der Waals surface area contributed by atoms with E-state index in [1.165, 1.54) is 18.3 Å². The van der Waals surface area contributed by atoms with Crippen molar-refractivity contribution in [2.45, 2.75) is 52.9 Å². The molecule has 1 aromatic heterocycles. The van der Waals surface area contributed by atoms with Crippen molar-refractivity contribution >= 4 is 23.2 Å². The second kappa shape index (κ2) is 12.2. The quantitative estimate of drug-likeness (QED) is 0.428. The molecule has 1 aromatic rings. The minimum Gasteiger partial charge on any atom is -0.461 e. The summed E-state index contributed by atoms with van der Waals surface area (Å²) < 4.78 is 4.96. The highest BCUT2D eigenvalue weighted by atomic mass is 32.1. The van der Waals surface area contributed by atoms with Crippen LogP contribution in [0.4, 0.5) is 0 Å². The second-order valence-electron chi connectivity index (χ2n) is 7.52. The van der Waals surface area contributed by atoms with E-state index in [0.29, 0.717) is 23.5 Å². The highest BCUT2D eigenvalue weighted by molar-refractivity contribution is 7.13. The summed E-state index contributed by atoms with van der Waals surface area (Å²) >= 11 is 1.32. The van der Waals surface area contributed by atoms with E-state index in [0.717, 1.165) is 48.4 Å². The zero-order valence-corrected chi connectivity index (χ0v) is 18.8. The maximum Gasteiger partial charge on any atom is 0.369 e. The number of carbonyl (C=O) groups is 2. The van der Waals surface area contributed by atoms with Gasteiger partial charge in [-0.1, -0.05) is 62.3 Å². The van der Waals surface area contributed by atoms with Crippen molar-refractivity contribution in [2.24, 2.45) is 11.8 Å². The molecule has 0 saturated heterocycles. The number of nitrogens with zero attached hydrogens (tertiary/aromatic N) is 2. The van der Waals surface area contributed by atoms with Crippen LogP contribution < -0.4 is 5.32 Å². The fourth-order valence-corrected chi connectivity index (χ4v) is 4.13. The number of allylic oxidation sites excluding steroid dienone is 6. The van der Waals surface area contributed by atoms with Crippen molar-refractivity contribution in [3.05, 3.63) is 58.2 Å². The van der Waals surface area contributed by atoms with Gasteiger partial charge in [0.25, 0.3) is 0 Å². The van der Waals surface area contributed by atoms with Gasteiger partial charge in [-0.25, -0.2) is 4.79 Å². The molecule has 2 atom stereocenters. The Morgan fingerprint density at radius 3 is 2.83 bits per heavy atom. The van der Waals surface area contributed by atoms with Gasteiger partial charge < -0.3 is 10.1 Å². The van der Waals surface area contributed by atoms with Crippen LogP contribution >= 0.6 is 11.3 Å². The molecule has 0 spiro atoms. The normalized spacial score (nSPS) is 17.1. The van der Waals surface area contributed by atoms with Crippen molar-refractivity contribution < 1.29 is 14.3 Å². The third-order valence-corrected chi connectivity index (χ3v) is 5.72. The molecule has 0 radical (unpaired) electrons. The average Bonchev–Trinajstić information content (AvgIpc) is 3.14. The van der Waals surface area contributed by atoms with Crippen LogP contribution in [0, 0.1) is 11.8 Å². The number of amides is 1. The van der Waals surface area contributed by atoms with Gasteiger partial charge in [-0.15, -0.1) is 10.2 Å². The van der Waals surface area contributed by atoms with Crippen LogP contribution in [0.15, 0.2) is 48.2 Å². The van der Waals surface area contributed by atoms with Crippen molar-refractivity contribution in [3.63, 3.8) is 0 Å². The molecule has 30 heavy (non-hydrogen) atoms. The Bertz CT molecular complexity index is 839. The first-order chi connectivity index (χ1) is 14.4. The average molecular weight is 430 g/mol. The van der Waals surface area contributed by atoms with Crippen molar-refractivity contribution in [2.75, 3.05) is 6.61 Å². The molecule has 0 fully saturated rings. The lowest BCUT2D eigenvalue weighted by Gasteiger charge is -2.16. The summed E-state index contributed by atoms with van der Waals surface area (Å²) in [6.45, 7) is 10.0. The first kappa shape index (κ1) is 23.7. The second-order valence-corrected chi connectivity index (χ2v) is 8.58. The Hall–Kier alpha value is -2.54. The summed E-state index contributed by atoms with van der Waals surface area (Å²) in [5.74, 6) is 0.311. The Balaban J connectivity index is 1.74. The predicted octanol–water partition coefficient (Wildman–Crippen LogP) is 4.77. The van der Waals surface area contributed by atoms with Crippen molar-refractivity contribution in [1.29, 1.82) is 0 Å². The molecule has 1 amide bonds. The maximum absolute atomic E-state index is 11.7. The molecule has 1 aliphatic rings. The molecule has 0 bridgehead atoms. The van der Waals surface area contributed by atoms with Crippen LogP contribution in [0.25, 0.3) is 0 Å². The van der Waals surface area contributed by atoms with Crippen LogP contribution in [0.2, 0.25) is 0 Å². The lowest BCUT2D eigenvalue weighted by molar-refractivity contribution is -0.118. The smallest absolute Gasteiger partial charge is 0.369 e. The van der Waals surface area contributed by atoms with E-state index in [1.807, 2.05) is 24.3 Å². The highest BCUT2D eigenvalue weighted by Crippen LogP contribution is 2.24. The van der Waals surface area contributed by atoms with E-state index in [4.69, 9.17) is 4.74 Å². The van der Waals surface area contributed by atoms with Gasteiger partial charge in [-0.3, -0.25) is 4.79 Å². The van der Waals surface area contributed by atoms with E-state index >= 15 is 0 Å². The van der Waals surface area contributed by atoms with Crippen LogP contribution in [0.1, 0.15) is 61.3 Å². The Morgan fingerprint density at radius 1 is 1.30 bits per heavy atom. The minimum absolute atomic E-state index is 0.0817. The number of rotatable bonds is 10. The molecule has 162 valence electrons. The third-order valence-electron chi connectivity index (χ3n) is 4.79. The largest absolute Gasteiger partial charge is 0.461 e. The number of hydrogen-bond donors (Lipinski definition) is 1. The highest BCUT2D eigenvalue weighted by Gasteiger charge is 2.15. The van der Waals surface area contributed by atoms with E-state index < -0.39 is 5.97 Å². The summed E-state index contributed by atoms with van der Waals surface area (Å²) in [7, 11) is 0. The van der Waals surface area contributed by atoms with E-state index in [9.17, 15) is 9.59 Å². The van der Waals surface area contributed by atoms with Crippen molar-refractivity contribution in [3.8, 4) is 0 Å². The lowest BCUT2D eigenvalue weighted by Crippen LogP contribution is -2.18. The molecule has 2 unspecified atom stereocenters. The van der Waals surface area contributed by atoms with Crippen LogP contribution in [0.3, 0.4) is 0 Å². The van der Waals surface area contributed by atoms with Crippen LogP contribution in [0.5, 0.6) is 0 Å². The number of hydrogen-bond acceptors (Lipinski definition) is 6. The third kappa shape index (κ3) is 8.06.